The van der Waals surface area contributed by atoms with E-state index in [9.17, 15) is 4.79 Å². The van der Waals surface area contributed by atoms with Crippen LogP contribution in [0.15, 0.2) is 12.7 Å². The minimum absolute atomic E-state index is 0.101. The predicted molar refractivity (Wildman–Crippen MR) is 60.9 cm³/mol. The average molecular weight is 197 g/mol. The Morgan fingerprint density at radius 1 is 1.36 bits per heavy atom. The van der Waals surface area contributed by atoms with Gasteiger partial charge in [-0.15, -0.1) is 6.58 Å². The van der Waals surface area contributed by atoms with E-state index in [4.69, 9.17) is 5.73 Å². The quantitative estimate of drug-likeness (QED) is 0.448. The van der Waals surface area contributed by atoms with Gasteiger partial charge >= 0.3 is 0 Å². The lowest BCUT2D eigenvalue weighted by Crippen LogP contribution is -2.23. The van der Waals surface area contributed by atoms with Crippen LogP contribution in [0.2, 0.25) is 0 Å². The third-order valence-corrected chi connectivity index (χ3v) is 2.50. The summed E-state index contributed by atoms with van der Waals surface area (Å²) in [4.78, 5) is 11.0. The molecule has 1 unspecified atom stereocenters. The van der Waals surface area contributed by atoms with Gasteiger partial charge in [-0.1, -0.05) is 32.3 Å². The largest absolute Gasteiger partial charge is 0.369 e. The van der Waals surface area contributed by atoms with E-state index in [-0.39, 0.29) is 11.8 Å². The molecule has 0 aliphatic carbocycles. The van der Waals surface area contributed by atoms with Crippen molar-refractivity contribution in [2.45, 2.75) is 51.9 Å². The average Bonchev–Trinajstić information content (AvgIpc) is 2.15. The first-order valence-electron chi connectivity index (χ1n) is 5.62. The van der Waals surface area contributed by atoms with Crippen LogP contribution >= 0.6 is 0 Å². The Kier molecular flexibility index (Phi) is 8.30. The Morgan fingerprint density at radius 3 is 2.57 bits per heavy atom. The standard InChI is InChI=1S/C12H23NO/c1-3-5-6-7-8-10-11(9-4-2)12(13)14/h3,11H,1,4-10H2,2H3,(H2,13,14). The fourth-order valence-electron chi connectivity index (χ4n) is 1.63. The minimum Gasteiger partial charge on any atom is -0.369 e. The van der Waals surface area contributed by atoms with Gasteiger partial charge in [-0.2, -0.15) is 0 Å². The van der Waals surface area contributed by atoms with Crippen LogP contribution in [-0.4, -0.2) is 5.91 Å². The molecule has 0 fully saturated rings. The van der Waals surface area contributed by atoms with Crippen LogP contribution in [0.5, 0.6) is 0 Å². The molecule has 2 heteroatoms. The Hall–Kier alpha value is -0.790. The van der Waals surface area contributed by atoms with E-state index >= 15 is 0 Å². The monoisotopic (exact) mass is 197 g/mol. The van der Waals surface area contributed by atoms with Gasteiger partial charge in [-0.05, 0) is 25.7 Å². The van der Waals surface area contributed by atoms with E-state index in [2.05, 4.69) is 13.5 Å². The van der Waals surface area contributed by atoms with Crippen LogP contribution in [0.1, 0.15) is 51.9 Å². The highest BCUT2D eigenvalue weighted by atomic mass is 16.1. The highest BCUT2D eigenvalue weighted by molar-refractivity contribution is 5.76. The molecule has 0 aromatic heterocycles. The van der Waals surface area contributed by atoms with Crippen molar-refractivity contribution in [1.29, 1.82) is 0 Å². The maximum atomic E-state index is 11.0. The van der Waals surface area contributed by atoms with E-state index in [1.54, 1.807) is 0 Å². The molecule has 0 saturated heterocycles. The van der Waals surface area contributed by atoms with Crippen molar-refractivity contribution in [2.24, 2.45) is 11.7 Å². The molecule has 82 valence electrons. The summed E-state index contributed by atoms with van der Waals surface area (Å²) in [5.41, 5.74) is 5.31. The Bertz CT molecular complexity index is 166. The summed E-state index contributed by atoms with van der Waals surface area (Å²) in [7, 11) is 0. The van der Waals surface area contributed by atoms with Crippen molar-refractivity contribution in [1.82, 2.24) is 0 Å². The van der Waals surface area contributed by atoms with Gasteiger partial charge in [0.05, 0.1) is 0 Å². The van der Waals surface area contributed by atoms with Gasteiger partial charge in [0, 0.05) is 5.92 Å². The zero-order valence-corrected chi connectivity index (χ0v) is 9.30. The van der Waals surface area contributed by atoms with Crippen LogP contribution in [0.25, 0.3) is 0 Å². The molecule has 0 bridgehead atoms. The predicted octanol–water partition coefficient (Wildman–Crippen LogP) is 3.02. The topological polar surface area (TPSA) is 43.1 Å². The van der Waals surface area contributed by atoms with Gasteiger partial charge < -0.3 is 5.73 Å². The highest BCUT2D eigenvalue weighted by Crippen LogP contribution is 2.15. The summed E-state index contributed by atoms with van der Waals surface area (Å²) < 4.78 is 0. The molecule has 0 aromatic rings. The zero-order valence-electron chi connectivity index (χ0n) is 9.30. The maximum absolute atomic E-state index is 11.0. The number of rotatable bonds is 9. The summed E-state index contributed by atoms with van der Waals surface area (Å²) in [6.07, 6.45) is 9.44. The first-order valence-corrected chi connectivity index (χ1v) is 5.62. The molecule has 0 heterocycles. The number of unbranched alkanes of at least 4 members (excludes halogenated alkanes) is 3. The van der Waals surface area contributed by atoms with Gasteiger partial charge in [-0.25, -0.2) is 0 Å². The van der Waals surface area contributed by atoms with Crippen LogP contribution in [0.4, 0.5) is 0 Å². The molecular weight excluding hydrogens is 174 g/mol. The summed E-state index contributed by atoms with van der Waals surface area (Å²) in [5.74, 6) is -0.0284. The molecule has 1 atom stereocenters. The van der Waals surface area contributed by atoms with Crippen molar-refractivity contribution in [3.8, 4) is 0 Å². The van der Waals surface area contributed by atoms with E-state index in [0.29, 0.717) is 0 Å². The van der Waals surface area contributed by atoms with Crippen LogP contribution < -0.4 is 5.73 Å². The lowest BCUT2D eigenvalue weighted by molar-refractivity contribution is -0.122. The number of hydrogen-bond acceptors (Lipinski definition) is 1. The van der Waals surface area contributed by atoms with E-state index in [1.807, 2.05) is 6.08 Å². The molecule has 0 radical (unpaired) electrons. The first kappa shape index (κ1) is 13.2. The minimum atomic E-state index is -0.129. The van der Waals surface area contributed by atoms with E-state index in [0.717, 1.165) is 32.1 Å². The van der Waals surface area contributed by atoms with Crippen LogP contribution in [0, 0.1) is 5.92 Å². The molecule has 2 nitrogen and oxygen atoms in total. The van der Waals surface area contributed by atoms with Crippen molar-refractivity contribution in [3.05, 3.63) is 12.7 Å². The molecule has 0 aromatic carbocycles. The number of carbonyl (C=O) groups is 1. The second-order valence-electron chi connectivity index (χ2n) is 3.81. The smallest absolute Gasteiger partial charge is 0.220 e. The number of nitrogens with two attached hydrogens (primary N) is 1. The SMILES string of the molecule is C=CCCCCCC(CCC)C(N)=O. The summed E-state index contributed by atoms with van der Waals surface area (Å²) in [6, 6.07) is 0. The van der Waals surface area contributed by atoms with Gasteiger partial charge in [-0.3, -0.25) is 4.79 Å². The fourth-order valence-corrected chi connectivity index (χ4v) is 1.63. The molecule has 0 aliphatic rings. The number of hydrogen-bond donors (Lipinski definition) is 1. The summed E-state index contributed by atoms with van der Waals surface area (Å²) in [6.45, 7) is 5.77. The molecule has 1 amide bonds. The van der Waals surface area contributed by atoms with E-state index in [1.165, 1.54) is 12.8 Å². The Morgan fingerprint density at radius 2 is 2.07 bits per heavy atom. The van der Waals surface area contributed by atoms with Crippen LogP contribution in [0.3, 0.4) is 0 Å². The van der Waals surface area contributed by atoms with Crippen molar-refractivity contribution >= 4 is 5.91 Å². The molecule has 0 rings (SSSR count). The van der Waals surface area contributed by atoms with Gasteiger partial charge in [0.15, 0.2) is 0 Å². The molecule has 2 N–H and O–H groups in total. The second-order valence-corrected chi connectivity index (χ2v) is 3.81. The van der Waals surface area contributed by atoms with Crippen molar-refractivity contribution in [3.63, 3.8) is 0 Å². The molecule has 0 spiro atoms. The summed E-state index contributed by atoms with van der Waals surface area (Å²) >= 11 is 0. The molecule has 0 saturated carbocycles. The Balaban J connectivity index is 3.50. The summed E-state index contributed by atoms with van der Waals surface area (Å²) in [5, 5.41) is 0. The number of allylic oxidation sites excluding steroid dienone is 1. The first-order chi connectivity index (χ1) is 6.72. The fraction of sp³-hybridized carbons (Fsp3) is 0.750. The van der Waals surface area contributed by atoms with Crippen molar-refractivity contribution < 1.29 is 4.79 Å². The number of carbonyl (C=O) groups excluding carboxylic acids is 1. The maximum Gasteiger partial charge on any atom is 0.220 e. The van der Waals surface area contributed by atoms with Gasteiger partial charge in [0.1, 0.15) is 0 Å². The lowest BCUT2D eigenvalue weighted by Gasteiger charge is -2.11. The zero-order chi connectivity index (χ0) is 10.8. The molecular formula is C12H23NO. The van der Waals surface area contributed by atoms with Crippen LogP contribution in [-0.2, 0) is 4.79 Å². The number of amides is 1. The number of primary amides is 1. The van der Waals surface area contributed by atoms with E-state index < -0.39 is 0 Å². The highest BCUT2D eigenvalue weighted by Gasteiger charge is 2.12. The third kappa shape index (κ3) is 6.70. The Labute approximate surface area is 87.6 Å². The molecule has 14 heavy (non-hydrogen) atoms. The lowest BCUT2D eigenvalue weighted by atomic mass is 9.96. The van der Waals surface area contributed by atoms with Gasteiger partial charge in [0.2, 0.25) is 5.91 Å². The van der Waals surface area contributed by atoms with Gasteiger partial charge in [0.25, 0.3) is 0 Å². The third-order valence-electron chi connectivity index (χ3n) is 2.50. The van der Waals surface area contributed by atoms with Crippen molar-refractivity contribution in [2.75, 3.05) is 0 Å². The second kappa shape index (κ2) is 8.79. The normalized spacial score (nSPS) is 12.4. The molecule has 0 aliphatic heterocycles.